The highest BCUT2D eigenvalue weighted by atomic mass is 16.5. The molecule has 5 nitrogen and oxygen atoms in total. The summed E-state index contributed by atoms with van der Waals surface area (Å²) in [6.45, 7) is 3.98. The summed E-state index contributed by atoms with van der Waals surface area (Å²) in [7, 11) is 1.31. The fraction of sp³-hybridized carbons (Fsp3) is 0.333. The highest BCUT2D eigenvalue weighted by Gasteiger charge is 2.19. The molecule has 2 aromatic heterocycles. The molecule has 0 aliphatic carbocycles. The average Bonchev–Trinajstić information content (AvgIpc) is 2.66. The Labute approximate surface area is 98.7 Å². The lowest BCUT2D eigenvalue weighted by Crippen LogP contribution is -2.02. The molecule has 1 N–H and O–H groups in total. The summed E-state index contributed by atoms with van der Waals surface area (Å²) >= 11 is 0. The van der Waals surface area contributed by atoms with Crippen molar-refractivity contribution in [3.63, 3.8) is 0 Å². The van der Waals surface area contributed by atoms with Gasteiger partial charge in [0.1, 0.15) is 11.6 Å². The molecule has 2 rings (SSSR count). The van der Waals surface area contributed by atoms with Crippen molar-refractivity contribution in [1.82, 2.24) is 9.38 Å². The molecule has 0 atom stereocenters. The number of hydrogen-bond acceptors (Lipinski definition) is 4. The molecule has 0 aliphatic heterocycles. The Morgan fingerprint density at radius 2 is 2.24 bits per heavy atom. The summed E-state index contributed by atoms with van der Waals surface area (Å²) in [6, 6.07) is 3.06. The molecule has 0 aliphatic rings. The number of hydrogen-bond donors (Lipinski definition) is 1. The molecule has 0 amide bonds. The second kappa shape index (κ2) is 4.08. The number of aromatic hydroxyl groups is 1. The Kier molecular flexibility index (Phi) is 2.75. The summed E-state index contributed by atoms with van der Waals surface area (Å²) in [4.78, 5) is 15.9. The zero-order valence-corrected chi connectivity index (χ0v) is 9.97. The van der Waals surface area contributed by atoms with Crippen LogP contribution in [0.5, 0.6) is 5.75 Å². The maximum absolute atomic E-state index is 11.6. The monoisotopic (exact) mass is 234 g/mol. The number of imidazole rings is 1. The van der Waals surface area contributed by atoms with Gasteiger partial charge in [0.2, 0.25) is 0 Å². The van der Waals surface area contributed by atoms with E-state index in [1.807, 2.05) is 13.8 Å². The molecular weight excluding hydrogens is 220 g/mol. The molecule has 0 aromatic carbocycles. The molecule has 17 heavy (non-hydrogen) atoms. The van der Waals surface area contributed by atoms with Crippen molar-refractivity contribution in [2.45, 2.75) is 19.8 Å². The lowest BCUT2D eigenvalue weighted by Gasteiger charge is -2.03. The van der Waals surface area contributed by atoms with Gasteiger partial charge in [0, 0.05) is 18.2 Å². The smallest absolute Gasteiger partial charge is 0.358 e. The molecule has 0 radical (unpaired) electrons. The quantitative estimate of drug-likeness (QED) is 0.807. The van der Waals surface area contributed by atoms with Crippen molar-refractivity contribution >= 4 is 11.5 Å². The zero-order valence-electron chi connectivity index (χ0n) is 9.97. The maximum Gasteiger partial charge on any atom is 0.358 e. The first-order valence-electron chi connectivity index (χ1n) is 5.34. The van der Waals surface area contributed by atoms with Gasteiger partial charge in [-0.05, 0) is 6.07 Å². The highest BCUT2D eigenvalue weighted by Crippen LogP contribution is 2.23. The van der Waals surface area contributed by atoms with E-state index in [2.05, 4.69) is 9.72 Å². The van der Waals surface area contributed by atoms with E-state index in [1.165, 1.54) is 13.2 Å². The molecule has 90 valence electrons. The Morgan fingerprint density at radius 3 is 2.82 bits per heavy atom. The van der Waals surface area contributed by atoms with Crippen LogP contribution in [0.1, 0.15) is 36.1 Å². The summed E-state index contributed by atoms with van der Waals surface area (Å²) < 4.78 is 6.47. The van der Waals surface area contributed by atoms with Gasteiger partial charge in [-0.25, -0.2) is 9.78 Å². The first-order valence-corrected chi connectivity index (χ1v) is 5.34. The first kappa shape index (κ1) is 11.4. The number of nitrogens with zero attached hydrogens (tertiary/aromatic N) is 2. The number of esters is 1. The van der Waals surface area contributed by atoms with E-state index < -0.39 is 5.97 Å². The van der Waals surface area contributed by atoms with E-state index in [-0.39, 0.29) is 17.4 Å². The van der Waals surface area contributed by atoms with Crippen LogP contribution in [0.3, 0.4) is 0 Å². The minimum atomic E-state index is -0.500. The van der Waals surface area contributed by atoms with Crippen LogP contribution >= 0.6 is 0 Å². The number of aromatic nitrogens is 2. The van der Waals surface area contributed by atoms with Gasteiger partial charge in [0.05, 0.1) is 12.6 Å². The van der Waals surface area contributed by atoms with Crippen LogP contribution in [0, 0.1) is 0 Å². The topological polar surface area (TPSA) is 63.8 Å². The number of pyridine rings is 1. The first-order chi connectivity index (χ1) is 8.04. The number of fused-ring (bicyclic) bond motifs is 1. The number of carbonyl (C=O) groups excluding carboxylic acids is 1. The largest absolute Gasteiger partial charge is 0.508 e. The summed E-state index contributed by atoms with van der Waals surface area (Å²) in [5, 5.41) is 9.46. The fourth-order valence-electron chi connectivity index (χ4n) is 1.75. The predicted molar refractivity (Wildman–Crippen MR) is 62.3 cm³/mol. The number of ether oxygens (including phenoxy) is 1. The molecule has 0 spiro atoms. The van der Waals surface area contributed by atoms with Crippen LogP contribution < -0.4 is 0 Å². The number of rotatable bonds is 2. The van der Waals surface area contributed by atoms with Gasteiger partial charge in [0.15, 0.2) is 5.69 Å². The average molecular weight is 234 g/mol. The predicted octanol–water partition coefficient (Wildman–Crippen LogP) is 1.95. The molecule has 0 unspecified atom stereocenters. The minimum Gasteiger partial charge on any atom is -0.508 e. The Hall–Kier alpha value is -2.04. The molecule has 0 saturated carbocycles. The van der Waals surface area contributed by atoms with Crippen molar-refractivity contribution < 1.29 is 14.6 Å². The molecule has 0 fully saturated rings. The maximum atomic E-state index is 11.6. The normalized spacial score (nSPS) is 11.1. The molecule has 0 saturated heterocycles. The Morgan fingerprint density at radius 1 is 1.53 bits per heavy atom. The van der Waals surface area contributed by atoms with Crippen molar-refractivity contribution in [2.75, 3.05) is 7.11 Å². The van der Waals surface area contributed by atoms with Crippen molar-refractivity contribution in [3.8, 4) is 5.75 Å². The van der Waals surface area contributed by atoms with Crippen molar-refractivity contribution in [2.24, 2.45) is 0 Å². The van der Waals surface area contributed by atoms with Crippen LogP contribution in [0.4, 0.5) is 0 Å². The van der Waals surface area contributed by atoms with Gasteiger partial charge < -0.3 is 14.2 Å². The third-order valence-corrected chi connectivity index (χ3v) is 2.55. The van der Waals surface area contributed by atoms with E-state index in [0.29, 0.717) is 5.52 Å². The summed E-state index contributed by atoms with van der Waals surface area (Å²) in [5.74, 6) is 0.531. The van der Waals surface area contributed by atoms with Gasteiger partial charge >= 0.3 is 5.97 Å². The second-order valence-electron chi connectivity index (χ2n) is 4.11. The third-order valence-electron chi connectivity index (χ3n) is 2.55. The summed E-state index contributed by atoms with van der Waals surface area (Å²) in [6.07, 6.45) is 1.69. The van der Waals surface area contributed by atoms with Crippen LogP contribution in [0.15, 0.2) is 18.3 Å². The lowest BCUT2D eigenvalue weighted by atomic mass is 10.2. The minimum absolute atomic E-state index is 0.0952. The lowest BCUT2D eigenvalue weighted by molar-refractivity contribution is 0.0597. The van der Waals surface area contributed by atoms with Gasteiger partial charge in [-0.15, -0.1) is 0 Å². The van der Waals surface area contributed by atoms with Crippen LogP contribution in [0.2, 0.25) is 0 Å². The Balaban J connectivity index is 2.75. The molecule has 2 heterocycles. The van der Waals surface area contributed by atoms with Crippen molar-refractivity contribution in [1.29, 1.82) is 0 Å². The van der Waals surface area contributed by atoms with E-state index in [0.717, 1.165) is 5.82 Å². The van der Waals surface area contributed by atoms with Crippen LogP contribution in [0.25, 0.3) is 5.52 Å². The molecule has 5 heteroatoms. The number of methoxy groups -OCH3 is 1. The molecule has 0 bridgehead atoms. The van der Waals surface area contributed by atoms with Crippen LogP contribution in [-0.4, -0.2) is 27.6 Å². The zero-order chi connectivity index (χ0) is 12.6. The summed E-state index contributed by atoms with van der Waals surface area (Å²) in [5.41, 5.74) is 0.785. The van der Waals surface area contributed by atoms with E-state index >= 15 is 0 Å². The standard InChI is InChI=1S/C12H14N2O3/c1-7(2)11-13-10(12(16)17-3)9-6-8(15)4-5-14(9)11/h4-7,15H,1-3H3. The van der Waals surface area contributed by atoms with E-state index in [4.69, 9.17) is 0 Å². The van der Waals surface area contributed by atoms with Crippen molar-refractivity contribution in [3.05, 3.63) is 29.8 Å². The molecule has 2 aromatic rings. The van der Waals surface area contributed by atoms with Gasteiger partial charge in [-0.3, -0.25) is 0 Å². The Bertz CT molecular complexity index is 572. The number of carbonyl (C=O) groups is 1. The van der Waals surface area contributed by atoms with E-state index in [1.54, 1.807) is 16.7 Å². The van der Waals surface area contributed by atoms with E-state index in [9.17, 15) is 9.90 Å². The highest BCUT2D eigenvalue weighted by molar-refractivity contribution is 5.95. The third kappa shape index (κ3) is 1.84. The van der Waals surface area contributed by atoms with Gasteiger partial charge in [0.25, 0.3) is 0 Å². The van der Waals surface area contributed by atoms with Crippen LogP contribution in [-0.2, 0) is 4.74 Å². The second-order valence-corrected chi connectivity index (χ2v) is 4.11. The SMILES string of the molecule is COC(=O)c1nc(C(C)C)n2ccc(O)cc12. The van der Waals surface area contributed by atoms with Gasteiger partial charge in [-0.1, -0.05) is 13.8 Å². The molecular formula is C12H14N2O3. The van der Waals surface area contributed by atoms with Gasteiger partial charge in [-0.2, -0.15) is 0 Å². The fourth-order valence-corrected chi connectivity index (χ4v) is 1.75.